The molecule has 8 nitrogen and oxygen atoms in total. The van der Waals surface area contributed by atoms with E-state index >= 15 is 0 Å². The Morgan fingerprint density at radius 3 is 2.13 bits per heavy atom. The smallest absolute Gasteiger partial charge is 0.321 e. The summed E-state index contributed by atoms with van der Waals surface area (Å²) in [5.41, 5.74) is 2.69. The van der Waals surface area contributed by atoms with Crippen LogP contribution in [0.1, 0.15) is 33.6 Å². The van der Waals surface area contributed by atoms with Crippen molar-refractivity contribution in [2.24, 2.45) is 0 Å². The van der Waals surface area contributed by atoms with Gasteiger partial charge in [-0.15, -0.1) is 0 Å². The van der Waals surface area contributed by atoms with Crippen molar-refractivity contribution < 1.29 is 18.8 Å². The number of urea groups is 1. The van der Waals surface area contributed by atoms with Gasteiger partial charge in [0.2, 0.25) is 0 Å². The van der Waals surface area contributed by atoms with Crippen LogP contribution in [0.15, 0.2) is 72.8 Å². The van der Waals surface area contributed by atoms with Crippen LogP contribution in [0.3, 0.4) is 0 Å². The zero-order valence-electron chi connectivity index (χ0n) is 21.0. The van der Waals surface area contributed by atoms with Crippen molar-refractivity contribution >= 4 is 34.9 Å². The highest BCUT2D eigenvalue weighted by Gasteiger charge is 2.27. The third-order valence-electron chi connectivity index (χ3n) is 6.90. The van der Waals surface area contributed by atoms with Crippen molar-refractivity contribution in [2.45, 2.75) is 12.8 Å². The summed E-state index contributed by atoms with van der Waals surface area (Å²) in [4.78, 5) is 44.6. The van der Waals surface area contributed by atoms with E-state index in [0.717, 1.165) is 24.2 Å². The van der Waals surface area contributed by atoms with Gasteiger partial charge in [0.25, 0.3) is 11.8 Å². The highest BCUT2D eigenvalue weighted by atomic mass is 19.1. The molecule has 3 aromatic rings. The van der Waals surface area contributed by atoms with Gasteiger partial charge in [0.15, 0.2) is 0 Å². The lowest BCUT2D eigenvalue weighted by Gasteiger charge is -2.37. The lowest BCUT2D eigenvalue weighted by Crippen LogP contribution is -2.50. The summed E-state index contributed by atoms with van der Waals surface area (Å²) < 4.78 is 13.6. The molecule has 0 aromatic heterocycles. The van der Waals surface area contributed by atoms with E-state index in [0.29, 0.717) is 50.5 Å². The molecular weight excluding hydrogens is 485 g/mol. The van der Waals surface area contributed by atoms with Gasteiger partial charge in [-0.1, -0.05) is 24.3 Å². The van der Waals surface area contributed by atoms with Crippen molar-refractivity contribution in [1.29, 1.82) is 0 Å². The van der Waals surface area contributed by atoms with Gasteiger partial charge >= 0.3 is 6.03 Å². The zero-order chi connectivity index (χ0) is 26.5. The summed E-state index contributed by atoms with van der Waals surface area (Å²) >= 11 is 0. The number of carbonyl (C=O) groups is 3. The molecule has 0 aliphatic carbocycles. The second-order valence-electron chi connectivity index (χ2n) is 9.47. The fourth-order valence-electron chi connectivity index (χ4n) is 4.86. The van der Waals surface area contributed by atoms with Crippen LogP contribution < -0.4 is 15.5 Å². The molecule has 2 N–H and O–H groups in total. The molecule has 3 aromatic carbocycles. The number of nitrogens with one attached hydrogen (secondary N) is 2. The maximum absolute atomic E-state index is 13.6. The second-order valence-corrected chi connectivity index (χ2v) is 9.47. The van der Waals surface area contributed by atoms with Crippen molar-refractivity contribution in [3.63, 3.8) is 0 Å². The summed E-state index contributed by atoms with van der Waals surface area (Å²) in [5.74, 6) is -1.02. The predicted octanol–water partition coefficient (Wildman–Crippen LogP) is 4.67. The van der Waals surface area contributed by atoms with E-state index in [1.807, 2.05) is 41.3 Å². The van der Waals surface area contributed by atoms with Crippen LogP contribution in [0.5, 0.6) is 0 Å². The largest absolute Gasteiger partial charge is 0.367 e. The molecule has 0 radical (unpaired) electrons. The van der Waals surface area contributed by atoms with Crippen molar-refractivity contribution in [2.75, 3.05) is 54.8 Å². The third-order valence-corrected chi connectivity index (χ3v) is 6.90. The van der Waals surface area contributed by atoms with Crippen LogP contribution >= 0.6 is 0 Å². The van der Waals surface area contributed by atoms with Gasteiger partial charge in [-0.3, -0.25) is 9.59 Å². The molecule has 2 aliphatic rings. The Morgan fingerprint density at radius 2 is 1.42 bits per heavy atom. The number of amides is 4. The maximum Gasteiger partial charge on any atom is 0.321 e. The molecule has 4 amide bonds. The van der Waals surface area contributed by atoms with E-state index in [1.54, 1.807) is 17.0 Å². The number of para-hydroxylation sites is 1. The van der Waals surface area contributed by atoms with Gasteiger partial charge in [0.05, 0.1) is 5.56 Å². The number of likely N-dealkylation sites (tertiary alicyclic amines) is 1. The molecule has 0 saturated carbocycles. The van der Waals surface area contributed by atoms with Crippen molar-refractivity contribution in [3.8, 4) is 0 Å². The average Bonchev–Trinajstić information content (AvgIpc) is 3.48. The Balaban J connectivity index is 1.32. The van der Waals surface area contributed by atoms with Crippen LogP contribution in [0, 0.1) is 5.82 Å². The SMILES string of the molecule is O=C(Nc1ccc(N2CCN(C(=O)Nc3ccccc3)CC2)c(C(=O)N2CCCC2)c1)c1cccc(F)c1. The minimum atomic E-state index is -0.491. The number of hydrogen-bond donors (Lipinski definition) is 2. The van der Waals surface area contributed by atoms with Crippen LogP contribution in [0.25, 0.3) is 0 Å². The topological polar surface area (TPSA) is 85.0 Å². The van der Waals surface area contributed by atoms with Crippen LogP contribution in [-0.2, 0) is 0 Å². The second kappa shape index (κ2) is 11.3. The quantitative estimate of drug-likeness (QED) is 0.517. The van der Waals surface area contributed by atoms with Crippen molar-refractivity contribution in [1.82, 2.24) is 9.80 Å². The highest BCUT2D eigenvalue weighted by Crippen LogP contribution is 2.28. The van der Waals surface area contributed by atoms with Gasteiger partial charge < -0.3 is 25.3 Å². The molecule has 2 fully saturated rings. The molecule has 196 valence electrons. The summed E-state index contributed by atoms with van der Waals surface area (Å²) in [6, 6.07) is 19.9. The Morgan fingerprint density at radius 1 is 0.684 bits per heavy atom. The number of halogens is 1. The number of benzene rings is 3. The van der Waals surface area contributed by atoms with Gasteiger partial charge in [-0.2, -0.15) is 0 Å². The highest BCUT2D eigenvalue weighted by molar-refractivity contribution is 6.06. The molecule has 9 heteroatoms. The molecule has 0 bridgehead atoms. The summed E-state index contributed by atoms with van der Waals surface area (Å²) in [6.45, 7) is 3.55. The summed E-state index contributed by atoms with van der Waals surface area (Å²) in [5, 5.41) is 5.71. The van der Waals surface area contributed by atoms with Gasteiger partial charge in [0, 0.05) is 61.9 Å². The van der Waals surface area contributed by atoms with Crippen LogP contribution in [0.2, 0.25) is 0 Å². The monoisotopic (exact) mass is 515 g/mol. The molecule has 0 atom stereocenters. The molecule has 38 heavy (non-hydrogen) atoms. The van der Waals surface area contributed by atoms with E-state index < -0.39 is 11.7 Å². The molecule has 2 heterocycles. The minimum absolute atomic E-state index is 0.0800. The minimum Gasteiger partial charge on any atom is -0.367 e. The van der Waals surface area contributed by atoms with Gasteiger partial charge in [0.1, 0.15) is 5.82 Å². The lowest BCUT2D eigenvalue weighted by atomic mass is 10.1. The van der Waals surface area contributed by atoms with E-state index in [2.05, 4.69) is 15.5 Å². The Kier molecular flexibility index (Phi) is 7.53. The third kappa shape index (κ3) is 5.77. The lowest BCUT2D eigenvalue weighted by molar-refractivity contribution is 0.0792. The van der Waals surface area contributed by atoms with Crippen LogP contribution in [-0.4, -0.2) is 66.9 Å². The van der Waals surface area contributed by atoms with E-state index in [9.17, 15) is 18.8 Å². The number of nitrogens with zero attached hydrogens (tertiary/aromatic N) is 3. The Labute approximate surface area is 221 Å². The standard InChI is InChI=1S/C29H30FN5O3/c30-22-8-6-7-21(19-22)27(36)31-24-11-12-26(25(20-24)28(37)34-13-4-5-14-34)33-15-17-35(18-16-33)29(38)32-23-9-2-1-3-10-23/h1-3,6-12,19-20H,4-5,13-18H2,(H,31,36)(H,32,38). The average molecular weight is 516 g/mol. The first-order chi connectivity index (χ1) is 18.5. The van der Waals surface area contributed by atoms with Gasteiger partial charge in [-0.05, 0) is 61.4 Å². The summed E-state index contributed by atoms with van der Waals surface area (Å²) in [7, 11) is 0. The molecule has 0 unspecified atom stereocenters. The molecule has 2 aliphatic heterocycles. The molecular formula is C29H30FN5O3. The Hall–Kier alpha value is -4.40. The van der Waals surface area contributed by atoms with Crippen LogP contribution in [0.4, 0.5) is 26.2 Å². The first-order valence-electron chi connectivity index (χ1n) is 12.8. The summed E-state index contributed by atoms with van der Waals surface area (Å²) in [6.07, 6.45) is 1.93. The Bertz CT molecular complexity index is 1320. The number of carbonyl (C=O) groups excluding carboxylic acids is 3. The fourth-order valence-corrected chi connectivity index (χ4v) is 4.86. The first-order valence-corrected chi connectivity index (χ1v) is 12.8. The van der Waals surface area contributed by atoms with E-state index in [-0.39, 0.29) is 17.5 Å². The fraction of sp³-hybridized carbons (Fsp3) is 0.276. The maximum atomic E-state index is 13.6. The van der Waals surface area contributed by atoms with Gasteiger partial charge in [-0.25, -0.2) is 9.18 Å². The first kappa shape index (κ1) is 25.3. The molecule has 0 spiro atoms. The number of hydrogen-bond acceptors (Lipinski definition) is 4. The van der Waals surface area contributed by atoms with E-state index in [4.69, 9.17) is 0 Å². The van der Waals surface area contributed by atoms with E-state index in [1.165, 1.54) is 24.3 Å². The van der Waals surface area contributed by atoms with Crippen molar-refractivity contribution in [3.05, 3.63) is 89.7 Å². The zero-order valence-corrected chi connectivity index (χ0v) is 21.0. The molecule has 2 saturated heterocycles. The number of rotatable bonds is 5. The predicted molar refractivity (Wildman–Crippen MR) is 145 cm³/mol. The number of anilines is 3. The normalized spacial score (nSPS) is 15.3. The number of piperazine rings is 1. The molecule has 5 rings (SSSR count).